The Morgan fingerprint density at radius 1 is 1.14 bits per heavy atom. The van der Waals surface area contributed by atoms with Crippen molar-refractivity contribution in [2.24, 2.45) is 5.92 Å². The van der Waals surface area contributed by atoms with Crippen LogP contribution < -0.4 is 5.32 Å². The van der Waals surface area contributed by atoms with Gasteiger partial charge in [0.15, 0.2) is 0 Å². The third kappa shape index (κ3) is 8.44. The van der Waals surface area contributed by atoms with E-state index in [1.54, 1.807) is 0 Å². The highest BCUT2D eigenvalue weighted by atomic mass is 15.1. The zero-order chi connectivity index (χ0) is 16.3. The van der Waals surface area contributed by atoms with E-state index >= 15 is 0 Å². The predicted octanol–water partition coefficient (Wildman–Crippen LogP) is 4.20. The molecule has 0 bridgehead atoms. The van der Waals surface area contributed by atoms with Gasteiger partial charge in [0.1, 0.15) is 5.54 Å². The molecule has 1 atom stereocenters. The van der Waals surface area contributed by atoms with Crippen LogP contribution in [0, 0.1) is 17.2 Å². The van der Waals surface area contributed by atoms with Crippen LogP contribution in [-0.4, -0.2) is 36.1 Å². The van der Waals surface area contributed by atoms with E-state index in [1.165, 1.54) is 25.8 Å². The van der Waals surface area contributed by atoms with Gasteiger partial charge in [-0.25, -0.2) is 0 Å². The first kappa shape index (κ1) is 20.4. The Kier molecular flexibility index (Phi) is 10.7. The van der Waals surface area contributed by atoms with E-state index in [-0.39, 0.29) is 5.54 Å². The molecule has 124 valence electrons. The largest absolute Gasteiger partial charge is 0.300 e. The smallest absolute Gasteiger partial charge is 0.103 e. The molecule has 0 rings (SSSR count). The second-order valence-electron chi connectivity index (χ2n) is 6.79. The number of rotatable bonds is 12. The van der Waals surface area contributed by atoms with Crippen molar-refractivity contribution in [1.29, 1.82) is 5.26 Å². The van der Waals surface area contributed by atoms with Gasteiger partial charge in [-0.2, -0.15) is 5.26 Å². The average molecular weight is 296 g/mol. The second-order valence-corrected chi connectivity index (χ2v) is 6.79. The monoisotopic (exact) mass is 295 g/mol. The molecule has 0 radical (unpaired) electrons. The van der Waals surface area contributed by atoms with Gasteiger partial charge in [0.2, 0.25) is 0 Å². The molecule has 0 aromatic rings. The van der Waals surface area contributed by atoms with E-state index in [0.29, 0.717) is 6.04 Å². The van der Waals surface area contributed by atoms with Gasteiger partial charge in [0.25, 0.3) is 0 Å². The molecule has 0 saturated carbocycles. The highest BCUT2D eigenvalue weighted by Crippen LogP contribution is 2.16. The van der Waals surface area contributed by atoms with Crippen molar-refractivity contribution in [2.75, 3.05) is 19.6 Å². The van der Waals surface area contributed by atoms with Crippen molar-refractivity contribution in [3.05, 3.63) is 0 Å². The van der Waals surface area contributed by atoms with Crippen LogP contribution in [0.25, 0.3) is 0 Å². The van der Waals surface area contributed by atoms with E-state index in [0.717, 1.165) is 31.8 Å². The fraction of sp³-hybridized carbons (Fsp3) is 0.944. The first-order chi connectivity index (χ1) is 9.92. The van der Waals surface area contributed by atoms with Gasteiger partial charge < -0.3 is 4.90 Å². The van der Waals surface area contributed by atoms with Gasteiger partial charge in [-0.1, -0.05) is 34.6 Å². The lowest BCUT2D eigenvalue weighted by Crippen LogP contribution is -2.41. The lowest BCUT2D eigenvalue weighted by atomic mass is 9.96. The highest BCUT2D eigenvalue weighted by Gasteiger charge is 2.22. The summed E-state index contributed by atoms with van der Waals surface area (Å²) in [6.45, 7) is 16.5. The molecular formula is C18H37N3. The molecule has 0 aromatic heterocycles. The van der Waals surface area contributed by atoms with Crippen molar-refractivity contribution in [3.63, 3.8) is 0 Å². The third-order valence-corrected chi connectivity index (χ3v) is 4.24. The van der Waals surface area contributed by atoms with E-state index in [9.17, 15) is 5.26 Å². The molecule has 0 aliphatic rings. The van der Waals surface area contributed by atoms with E-state index < -0.39 is 0 Å². The van der Waals surface area contributed by atoms with Crippen LogP contribution in [0.4, 0.5) is 0 Å². The lowest BCUT2D eigenvalue weighted by Gasteiger charge is -2.32. The predicted molar refractivity (Wildman–Crippen MR) is 92.3 cm³/mol. The van der Waals surface area contributed by atoms with Gasteiger partial charge in [-0.15, -0.1) is 0 Å². The summed E-state index contributed by atoms with van der Waals surface area (Å²) < 4.78 is 0. The number of unbranched alkanes of at least 4 members (excludes halogenated alkanes) is 1. The summed E-state index contributed by atoms with van der Waals surface area (Å²) in [6.07, 6.45) is 5.71. The zero-order valence-corrected chi connectivity index (χ0v) is 15.2. The molecule has 0 saturated heterocycles. The molecule has 1 N–H and O–H groups in total. The van der Waals surface area contributed by atoms with Gasteiger partial charge in [-0.05, 0) is 58.0 Å². The van der Waals surface area contributed by atoms with E-state index in [2.05, 4.69) is 50.9 Å². The van der Waals surface area contributed by atoms with Crippen molar-refractivity contribution >= 4 is 0 Å². The van der Waals surface area contributed by atoms with Gasteiger partial charge in [-0.3, -0.25) is 5.32 Å². The molecule has 0 amide bonds. The number of nitriles is 1. The second kappa shape index (κ2) is 11.0. The van der Waals surface area contributed by atoms with Crippen LogP contribution in [0.1, 0.15) is 73.6 Å². The first-order valence-corrected chi connectivity index (χ1v) is 8.82. The normalized spacial score (nSPS) is 14.7. The fourth-order valence-corrected chi connectivity index (χ4v) is 3.06. The molecule has 0 spiro atoms. The first-order valence-electron chi connectivity index (χ1n) is 8.82. The van der Waals surface area contributed by atoms with Gasteiger partial charge in [0.05, 0.1) is 6.07 Å². The van der Waals surface area contributed by atoms with Crippen molar-refractivity contribution in [2.45, 2.75) is 85.2 Å². The zero-order valence-electron chi connectivity index (χ0n) is 15.2. The molecule has 0 aliphatic carbocycles. The van der Waals surface area contributed by atoms with Crippen LogP contribution in [0.5, 0.6) is 0 Å². The molecule has 0 fully saturated rings. The topological polar surface area (TPSA) is 39.1 Å². The minimum atomic E-state index is -0.355. The molecule has 0 aliphatic heterocycles. The summed E-state index contributed by atoms with van der Waals surface area (Å²) in [5.41, 5.74) is -0.355. The summed E-state index contributed by atoms with van der Waals surface area (Å²) in [6, 6.07) is 3.13. The fourth-order valence-electron chi connectivity index (χ4n) is 3.06. The number of hydrogen-bond acceptors (Lipinski definition) is 3. The Hall–Kier alpha value is -0.590. The number of nitrogens with zero attached hydrogens (tertiary/aromatic N) is 2. The standard InChI is InChI=1S/C18H37N3/c1-7-17(8-2)21(14-16(4)5)13-11-10-12-18(6,15-19)20-9-3/h16-17,20H,7-14H2,1-6H3. The summed E-state index contributed by atoms with van der Waals surface area (Å²) in [5.74, 6) is 0.719. The quantitative estimate of drug-likeness (QED) is 0.549. The maximum Gasteiger partial charge on any atom is 0.103 e. The average Bonchev–Trinajstić information content (AvgIpc) is 2.44. The van der Waals surface area contributed by atoms with Crippen LogP contribution in [0.3, 0.4) is 0 Å². The Balaban J connectivity index is 4.28. The molecule has 3 nitrogen and oxygen atoms in total. The van der Waals surface area contributed by atoms with Crippen LogP contribution in [0.2, 0.25) is 0 Å². The maximum absolute atomic E-state index is 9.29. The molecule has 3 heteroatoms. The Labute approximate surface area is 133 Å². The molecule has 0 aromatic carbocycles. The molecule has 21 heavy (non-hydrogen) atoms. The van der Waals surface area contributed by atoms with Crippen molar-refractivity contribution in [3.8, 4) is 6.07 Å². The van der Waals surface area contributed by atoms with Crippen molar-refractivity contribution in [1.82, 2.24) is 10.2 Å². The number of nitrogens with one attached hydrogen (secondary N) is 1. The van der Waals surface area contributed by atoms with Crippen LogP contribution in [0.15, 0.2) is 0 Å². The van der Waals surface area contributed by atoms with Crippen LogP contribution >= 0.6 is 0 Å². The van der Waals surface area contributed by atoms with Crippen LogP contribution in [-0.2, 0) is 0 Å². The summed E-state index contributed by atoms with van der Waals surface area (Å²) in [7, 11) is 0. The van der Waals surface area contributed by atoms with E-state index in [1.807, 2.05) is 6.92 Å². The summed E-state index contributed by atoms with van der Waals surface area (Å²) in [4.78, 5) is 2.65. The Bertz CT molecular complexity index is 291. The summed E-state index contributed by atoms with van der Waals surface area (Å²) >= 11 is 0. The third-order valence-electron chi connectivity index (χ3n) is 4.24. The Morgan fingerprint density at radius 3 is 2.19 bits per heavy atom. The Morgan fingerprint density at radius 2 is 1.76 bits per heavy atom. The molecular weight excluding hydrogens is 258 g/mol. The summed E-state index contributed by atoms with van der Waals surface area (Å²) in [5, 5.41) is 12.6. The SMILES string of the molecule is CCNC(C)(C#N)CCCCN(CC(C)C)C(CC)CC. The lowest BCUT2D eigenvalue weighted by molar-refractivity contribution is 0.161. The van der Waals surface area contributed by atoms with Crippen molar-refractivity contribution < 1.29 is 0 Å². The minimum Gasteiger partial charge on any atom is -0.300 e. The maximum atomic E-state index is 9.29. The minimum absolute atomic E-state index is 0.355. The van der Waals surface area contributed by atoms with E-state index in [4.69, 9.17) is 0 Å². The highest BCUT2D eigenvalue weighted by molar-refractivity contribution is 5.03. The number of hydrogen-bond donors (Lipinski definition) is 1. The molecule has 0 heterocycles. The van der Waals surface area contributed by atoms with Gasteiger partial charge >= 0.3 is 0 Å². The molecule has 1 unspecified atom stereocenters. The van der Waals surface area contributed by atoms with Gasteiger partial charge in [0, 0.05) is 12.6 Å².